The number of ether oxygens (including phenoxy) is 1. The van der Waals surface area contributed by atoms with E-state index in [9.17, 15) is 4.79 Å². The van der Waals surface area contributed by atoms with Crippen LogP contribution in [-0.2, 0) is 11.3 Å². The van der Waals surface area contributed by atoms with E-state index in [0.29, 0.717) is 41.3 Å². The van der Waals surface area contributed by atoms with E-state index in [-0.39, 0.29) is 5.91 Å². The number of carbonyl (C=O) groups is 1. The third kappa shape index (κ3) is 3.39. The Labute approximate surface area is 144 Å². The van der Waals surface area contributed by atoms with Gasteiger partial charge in [-0.1, -0.05) is 17.7 Å². The second-order valence-corrected chi connectivity index (χ2v) is 5.67. The smallest absolute Gasteiger partial charge is 0.256 e. The third-order valence-corrected chi connectivity index (χ3v) is 4.00. The lowest BCUT2D eigenvalue weighted by Crippen LogP contribution is -2.33. The van der Waals surface area contributed by atoms with Crippen LogP contribution in [0.25, 0.3) is 11.0 Å². The lowest BCUT2D eigenvalue weighted by molar-refractivity contribution is 0.0680. The van der Waals surface area contributed by atoms with Gasteiger partial charge in [0.05, 0.1) is 34.8 Å². The van der Waals surface area contributed by atoms with Gasteiger partial charge in [-0.2, -0.15) is 0 Å². The van der Waals surface area contributed by atoms with Gasteiger partial charge in [-0.05, 0) is 18.2 Å². The third-order valence-electron chi connectivity index (χ3n) is 3.68. The number of amides is 1. The van der Waals surface area contributed by atoms with Crippen molar-refractivity contribution in [1.29, 1.82) is 0 Å². The van der Waals surface area contributed by atoms with Crippen LogP contribution in [0.4, 0.5) is 0 Å². The largest absolute Gasteiger partial charge is 0.383 e. The fourth-order valence-electron chi connectivity index (χ4n) is 2.50. The molecule has 0 aliphatic heterocycles. The average Bonchev–Trinajstić information content (AvgIpc) is 3.04. The minimum Gasteiger partial charge on any atom is -0.383 e. The van der Waals surface area contributed by atoms with E-state index in [0.717, 1.165) is 5.69 Å². The fraction of sp³-hybridized carbons (Fsp3) is 0.235. The van der Waals surface area contributed by atoms with Crippen LogP contribution >= 0.6 is 11.6 Å². The quantitative estimate of drug-likeness (QED) is 0.746. The Bertz CT molecular complexity index is 835. The Morgan fingerprint density at radius 3 is 2.92 bits per heavy atom. The maximum atomic E-state index is 13.0. The van der Waals surface area contributed by atoms with Crippen molar-refractivity contribution in [2.75, 3.05) is 20.3 Å². The Morgan fingerprint density at radius 1 is 1.29 bits per heavy atom. The summed E-state index contributed by atoms with van der Waals surface area (Å²) >= 11 is 6.25. The molecule has 3 rings (SSSR count). The molecule has 24 heavy (non-hydrogen) atoms. The molecule has 0 atom stereocenters. The van der Waals surface area contributed by atoms with E-state index < -0.39 is 0 Å². The Morgan fingerprint density at radius 2 is 2.17 bits per heavy atom. The topological polar surface area (TPSA) is 71.1 Å². The van der Waals surface area contributed by atoms with Crippen LogP contribution < -0.4 is 0 Å². The van der Waals surface area contributed by atoms with E-state index in [2.05, 4.69) is 15.0 Å². The molecule has 1 N–H and O–H groups in total. The van der Waals surface area contributed by atoms with Gasteiger partial charge in [0.15, 0.2) is 0 Å². The normalized spacial score (nSPS) is 10.9. The summed E-state index contributed by atoms with van der Waals surface area (Å²) in [6, 6.07) is 7.30. The molecule has 0 spiro atoms. The molecule has 0 unspecified atom stereocenters. The molecule has 0 fully saturated rings. The molecule has 124 valence electrons. The van der Waals surface area contributed by atoms with E-state index in [1.54, 1.807) is 36.7 Å². The van der Waals surface area contributed by atoms with Gasteiger partial charge in [0, 0.05) is 32.2 Å². The first-order valence-corrected chi connectivity index (χ1v) is 7.88. The number of H-pyrrole nitrogens is 1. The number of pyridine rings is 2. The summed E-state index contributed by atoms with van der Waals surface area (Å²) in [6.45, 7) is 1.29. The van der Waals surface area contributed by atoms with Gasteiger partial charge in [-0.25, -0.2) is 4.98 Å². The molecule has 0 aromatic carbocycles. The minimum absolute atomic E-state index is 0.140. The van der Waals surface area contributed by atoms with Crippen LogP contribution in [-0.4, -0.2) is 46.0 Å². The highest BCUT2D eigenvalue weighted by atomic mass is 35.5. The van der Waals surface area contributed by atoms with Crippen molar-refractivity contribution in [1.82, 2.24) is 19.9 Å². The van der Waals surface area contributed by atoms with E-state index in [4.69, 9.17) is 16.3 Å². The van der Waals surface area contributed by atoms with Gasteiger partial charge < -0.3 is 14.6 Å². The molecular formula is C17H17ClN4O2. The Balaban J connectivity index is 1.92. The van der Waals surface area contributed by atoms with Crippen molar-refractivity contribution in [3.63, 3.8) is 0 Å². The number of rotatable bonds is 6. The molecule has 7 heteroatoms. The molecule has 0 radical (unpaired) electrons. The molecule has 0 saturated carbocycles. The van der Waals surface area contributed by atoms with Gasteiger partial charge >= 0.3 is 0 Å². The number of nitrogens with one attached hydrogen (secondary N) is 1. The standard InChI is InChI=1S/C17H17ClN4O2/c1-24-9-8-22(11-12-4-2-3-6-19-12)17(23)13-10-21-16-15(13)14(18)5-7-20-16/h2-7,10H,8-9,11H2,1H3,(H,20,21). The molecule has 0 aliphatic carbocycles. The zero-order valence-corrected chi connectivity index (χ0v) is 14.0. The number of halogens is 1. The highest BCUT2D eigenvalue weighted by molar-refractivity contribution is 6.36. The van der Waals surface area contributed by atoms with Crippen molar-refractivity contribution in [2.45, 2.75) is 6.54 Å². The summed E-state index contributed by atoms with van der Waals surface area (Å²) in [7, 11) is 1.61. The van der Waals surface area contributed by atoms with Crippen LogP contribution in [0, 0.1) is 0 Å². The zero-order chi connectivity index (χ0) is 16.9. The number of hydrogen-bond acceptors (Lipinski definition) is 4. The number of fused-ring (bicyclic) bond motifs is 1. The molecule has 3 heterocycles. The lowest BCUT2D eigenvalue weighted by atomic mass is 10.2. The zero-order valence-electron chi connectivity index (χ0n) is 13.2. The maximum absolute atomic E-state index is 13.0. The molecule has 0 bridgehead atoms. The van der Waals surface area contributed by atoms with E-state index in [1.165, 1.54) is 0 Å². The number of methoxy groups -OCH3 is 1. The summed E-state index contributed by atoms with van der Waals surface area (Å²) < 4.78 is 5.13. The highest BCUT2D eigenvalue weighted by Crippen LogP contribution is 2.26. The second kappa shape index (κ2) is 7.42. The van der Waals surface area contributed by atoms with Gasteiger partial charge in [0.1, 0.15) is 5.65 Å². The van der Waals surface area contributed by atoms with E-state index >= 15 is 0 Å². The maximum Gasteiger partial charge on any atom is 0.256 e. The molecular weight excluding hydrogens is 328 g/mol. The predicted octanol–water partition coefficient (Wildman–Crippen LogP) is 2.90. The van der Waals surface area contributed by atoms with Crippen LogP contribution in [0.15, 0.2) is 42.9 Å². The van der Waals surface area contributed by atoms with Crippen molar-refractivity contribution < 1.29 is 9.53 Å². The summed E-state index contributed by atoms with van der Waals surface area (Å²) in [4.78, 5) is 26.2. The Kier molecular flexibility index (Phi) is 5.08. The highest BCUT2D eigenvalue weighted by Gasteiger charge is 2.21. The lowest BCUT2D eigenvalue weighted by Gasteiger charge is -2.22. The van der Waals surface area contributed by atoms with Gasteiger partial charge in [0.2, 0.25) is 0 Å². The van der Waals surface area contributed by atoms with Gasteiger partial charge in [-0.15, -0.1) is 0 Å². The molecule has 3 aromatic heterocycles. The van der Waals surface area contributed by atoms with Gasteiger partial charge in [-0.3, -0.25) is 9.78 Å². The van der Waals surface area contributed by atoms with Crippen LogP contribution in [0.3, 0.4) is 0 Å². The predicted molar refractivity (Wildman–Crippen MR) is 92.0 cm³/mol. The first-order valence-electron chi connectivity index (χ1n) is 7.50. The average molecular weight is 345 g/mol. The molecule has 0 saturated heterocycles. The van der Waals surface area contributed by atoms with Crippen LogP contribution in [0.1, 0.15) is 16.1 Å². The second-order valence-electron chi connectivity index (χ2n) is 5.26. The SMILES string of the molecule is COCCN(Cc1ccccn1)C(=O)c1c[nH]c2nccc(Cl)c12. The van der Waals surface area contributed by atoms with Crippen LogP contribution in [0.5, 0.6) is 0 Å². The number of nitrogens with zero attached hydrogens (tertiary/aromatic N) is 3. The number of aromatic amines is 1. The number of aromatic nitrogens is 3. The first-order chi connectivity index (χ1) is 11.7. The summed E-state index contributed by atoms with van der Waals surface area (Å²) in [5, 5.41) is 1.13. The first kappa shape index (κ1) is 16.4. The molecule has 1 amide bonds. The molecule has 0 aliphatic rings. The van der Waals surface area contributed by atoms with Gasteiger partial charge in [0.25, 0.3) is 5.91 Å². The van der Waals surface area contributed by atoms with Crippen molar-refractivity contribution in [2.24, 2.45) is 0 Å². The number of hydrogen-bond donors (Lipinski definition) is 1. The summed E-state index contributed by atoms with van der Waals surface area (Å²) in [6.07, 6.45) is 4.96. The van der Waals surface area contributed by atoms with Crippen molar-refractivity contribution in [3.8, 4) is 0 Å². The van der Waals surface area contributed by atoms with Crippen LogP contribution in [0.2, 0.25) is 5.02 Å². The van der Waals surface area contributed by atoms with Crippen molar-refractivity contribution in [3.05, 3.63) is 59.1 Å². The monoisotopic (exact) mass is 344 g/mol. The molecule has 6 nitrogen and oxygen atoms in total. The summed E-state index contributed by atoms with van der Waals surface area (Å²) in [5.74, 6) is -0.140. The summed E-state index contributed by atoms with van der Waals surface area (Å²) in [5.41, 5.74) is 1.90. The minimum atomic E-state index is -0.140. The molecule has 3 aromatic rings. The Hall–Kier alpha value is -2.44. The van der Waals surface area contributed by atoms with Crippen molar-refractivity contribution >= 4 is 28.5 Å². The fourth-order valence-corrected chi connectivity index (χ4v) is 2.74. The number of carbonyl (C=O) groups excluding carboxylic acids is 1. The van der Waals surface area contributed by atoms with E-state index in [1.807, 2.05) is 18.2 Å².